The number of rotatable bonds is 3. The van der Waals surface area contributed by atoms with E-state index in [1.165, 1.54) is 6.26 Å². The van der Waals surface area contributed by atoms with E-state index >= 15 is 0 Å². The first-order valence-electron chi connectivity index (χ1n) is 6.90. The molecule has 0 spiro atoms. The van der Waals surface area contributed by atoms with E-state index in [9.17, 15) is 8.42 Å². The van der Waals surface area contributed by atoms with Crippen LogP contribution in [0.5, 0.6) is 0 Å². The SMILES string of the molecule is CS(=O)(=O)c1cccnc1N1CC(N2CCNCC2)C1. The van der Waals surface area contributed by atoms with Gasteiger partial charge in [0.25, 0.3) is 0 Å². The zero-order valence-electron chi connectivity index (χ0n) is 11.6. The number of hydrogen-bond acceptors (Lipinski definition) is 6. The van der Waals surface area contributed by atoms with E-state index < -0.39 is 9.84 Å². The number of pyridine rings is 1. The molecule has 0 amide bonds. The van der Waals surface area contributed by atoms with Crippen LogP contribution < -0.4 is 10.2 Å². The van der Waals surface area contributed by atoms with Gasteiger partial charge in [0, 0.05) is 57.8 Å². The van der Waals surface area contributed by atoms with Gasteiger partial charge in [-0.1, -0.05) is 0 Å². The maximum Gasteiger partial charge on any atom is 0.179 e. The smallest absolute Gasteiger partial charge is 0.179 e. The molecule has 1 N–H and O–H groups in total. The van der Waals surface area contributed by atoms with E-state index in [1.807, 2.05) is 0 Å². The van der Waals surface area contributed by atoms with Gasteiger partial charge in [-0.3, -0.25) is 4.90 Å². The molecule has 0 saturated carbocycles. The lowest BCUT2D eigenvalue weighted by Crippen LogP contribution is -2.63. The number of sulfone groups is 1. The molecule has 2 saturated heterocycles. The van der Waals surface area contributed by atoms with Crippen LogP contribution in [0.3, 0.4) is 0 Å². The molecule has 3 rings (SSSR count). The lowest BCUT2D eigenvalue weighted by atomic mass is 10.1. The largest absolute Gasteiger partial charge is 0.352 e. The standard InChI is InChI=1S/C13H20N4O2S/c1-20(18,19)12-3-2-4-15-13(12)17-9-11(10-17)16-7-5-14-6-8-16/h2-4,11,14H,5-10H2,1H3. The summed E-state index contributed by atoms with van der Waals surface area (Å²) in [6.07, 6.45) is 2.89. The van der Waals surface area contributed by atoms with Crippen LogP contribution in [0.1, 0.15) is 0 Å². The summed E-state index contributed by atoms with van der Waals surface area (Å²) in [6, 6.07) is 3.83. The minimum Gasteiger partial charge on any atom is -0.352 e. The van der Waals surface area contributed by atoms with E-state index in [4.69, 9.17) is 0 Å². The zero-order chi connectivity index (χ0) is 14.2. The molecule has 2 fully saturated rings. The van der Waals surface area contributed by atoms with Crippen molar-refractivity contribution in [3.8, 4) is 0 Å². The third-order valence-corrected chi connectivity index (χ3v) is 5.10. The number of nitrogens with zero attached hydrogens (tertiary/aromatic N) is 3. The molecule has 0 bridgehead atoms. The topological polar surface area (TPSA) is 65.5 Å². The molecular formula is C13H20N4O2S. The van der Waals surface area contributed by atoms with Gasteiger partial charge in [-0.15, -0.1) is 0 Å². The molecule has 1 aromatic heterocycles. The van der Waals surface area contributed by atoms with Crippen molar-refractivity contribution in [2.24, 2.45) is 0 Å². The number of piperazine rings is 1. The maximum atomic E-state index is 11.8. The van der Waals surface area contributed by atoms with Crippen molar-refractivity contribution in [1.82, 2.24) is 15.2 Å². The predicted octanol–water partition coefficient (Wildman–Crippen LogP) is -0.421. The Morgan fingerprint density at radius 2 is 2.00 bits per heavy atom. The minimum absolute atomic E-state index is 0.332. The second-order valence-electron chi connectivity index (χ2n) is 5.44. The number of nitrogens with one attached hydrogen (secondary N) is 1. The van der Waals surface area contributed by atoms with Crippen molar-refractivity contribution in [3.63, 3.8) is 0 Å². The maximum absolute atomic E-state index is 11.8. The van der Waals surface area contributed by atoms with Crippen LogP contribution in [-0.2, 0) is 9.84 Å². The summed E-state index contributed by atoms with van der Waals surface area (Å²) < 4.78 is 23.6. The van der Waals surface area contributed by atoms with Crippen LogP contribution >= 0.6 is 0 Å². The Morgan fingerprint density at radius 1 is 1.30 bits per heavy atom. The van der Waals surface area contributed by atoms with Gasteiger partial charge in [-0.2, -0.15) is 0 Å². The van der Waals surface area contributed by atoms with Crippen molar-refractivity contribution in [2.45, 2.75) is 10.9 Å². The number of anilines is 1. The average Bonchev–Trinajstić information content (AvgIpc) is 2.38. The Labute approximate surface area is 119 Å². The van der Waals surface area contributed by atoms with Crippen molar-refractivity contribution >= 4 is 15.7 Å². The molecule has 2 aliphatic heterocycles. The summed E-state index contributed by atoms with van der Waals surface area (Å²) >= 11 is 0. The van der Waals surface area contributed by atoms with E-state index in [1.54, 1.807) is 18.3 Å². The van der Waals surface area contributed by atoms with Crippen molar-refractivity contribution < 1.29 is 8.42 Å². The zero-order valence-corrected chi connectivity index (χ0v) is 12.4. The van der Waals surface area contributed by atoms with Gasteiger partial charge in [0.2, 0.25) is 0 Å². The first kappa shape index (κ1) is 13.8. The van der Waals surface area contributed by atoms with Gasteiger partial charge in [0.05, 0.1) is 0 Å². The minimum atomic E-state index is -3.22. The normalized spacial score (nSPS) is 21.8. The number of hydrogen-bond donors (Lipinski definition) is 1. The monoisotopic (exact) mass is 296 g/mol. The lowest BCUT2D eigenvalue weighted by molar-refractivity contribution is 0.146. The molecule has 0 unspecified atom stereocenters. The molecule has 110 valence electrons. The highest BCUT2D eigenvalue weighted by atomic mass is 32.2. The van der Waals surface area contributed by atoms with E-state index in [2.05, 4.69) is 20.1 Å². The van der Waals surface area contributed by atoms with E-state index in [0.29, 0.717) is 16.8 Å². The van der Waals surface area contributed by atoms with Crippen LogP contribution in [0.2, 0.25) is 0 Å². The summed E-state index contributed by atoms with van der Waals surface area (Å²) in [5.41, 5.74) is 0. The summed E-state index contributed by atoms with van der Waals surface area (Å²) in [7, 11) is -3.22. The van der Waals surface area contributed by atoms with Gasteiger partial charge in [0.1, 0.15) is 10.7 Å². The van der Waals surface area contributed by atoms with Crippen LogP contribution in [0.25, 0.3) is 0 Å². The van der Waals surface area contributed by atoms with Crippen LogP contribution in [0.4, 0.5) is 5.82 Å². The Kier molecular flexibility index (Phi) is 3.66. The van der Waals surface area contributed by atoms with Crippen molar-refractivity contribution in [2.75, 3.05) is 50.4 Å². The highest BCUT2D eigenvalue weighted by molar-refractivity contribution is 7.90. The number of aromatic nitrogens is 1. The Bertz CT molecular complexity index is 578. The van der Waals surface area contributed by atoms with Gasteiger partial charge >= 0.3 is 0 Å². The summed E-state index contributed by atoms with van der Waals surface area (Å²) in [5.74, 6) is 0.599. The van der Waals surface area contributed by atoms with Gasteiger partial charge in [0.15, 0.2) is 9.84 Å². The highest BCUT2D eigenvalue weighted by Gasteiger charge is 2.35. The molecule has 7 heteroatoms. The van der Waals surface area contributed by atoms with Crippen LogP contribution in [0, 0.1) is 0 Å². The summed E-state index contributed by atoms with van der Waals surface area (Å²) in [4.78, 5) is 9.12. The fourth-order valence-corrected chi connectivity index (χ4v) is 3.65. The highest BCUT2D eigenvalue weighted by Crippen LogP contribution is 2.28. The van der Waals surface area contributed by atoms with Crippen molar-refractivity contribution in [3.05, 3.63) is 18.3 Å². The third kappa shape index (κ3) is 2.65. The summed E-state index contributed by atoms with van der Waals surface area (Å²) in [6.45, 7) is 5.93. The molecule has 2 aliphatic rings. The second kappa shape index (κ2) is 5.31. The van der Waals surface area contributed by atoms with Crippen LogP contribution in [-0.4, -0.2) is 69.9 Å². The molecule has 0 radical (unpaired) electrons. The van der Waals surface area contributed by atoms with E-state index in [0.717, 1.165) is 39.3 Å². The molecule has 0 atom stereocenters. The fraction of sp³-hybridized carbons (Fsp3) is 0.615. The Hall–Kier alpha value is -1.18. The van der Waals surface area contributed by atoms with Gasteiger partial charge in [-0.05, 0) is 12.1 Å². The fourth-order valence-electron chi connectivity index (χ4n) is 2.82. The first-order valence-corrected chi connectivity index (χ1v) is 8.79. The van der Waals surface area contributed by atoms with Crippen LogP contribution in [0.15, 0.2) is 23.2 Å². The Morgan fingerprint density at radius 3 is 2.65 bits per heavy atom. The average molecular weight is 296 g/mol. The Balaban J connectivity index is 1.71. The molecule has 0 aromatic carbocycles. The second-order valence-corrected chi connectivity index (χ2v) is 7.43. The van der Waals surface area contributed by atoms with E-state index in [-0.39, 0.29) is 0 Å². The lowest BCUT2D eigenvalue weighted by Gasteiger charge is -2.47. The summed E-state index contributed by atoms with van der Waals surface area (Å²) in [5, 5.41) is 3.34. The first-order chi connectivity index (χ1) is 9.55. The molecule has 3 heterocycles. The van der Waals surface area contributed by atoms with Gasteiger partial charge < -0.3 is 10.2 Å². The van der Waals surface area contributed by atoms with Crippen molar-refractivity contribution in [1.29, 1.82) is 0 Å². The van der Waals surface area contributed by atoms with Gasteiger partial charge in [-0.25, -0.2) is 13.4 Å². The molecule has 20 heavy (non-hydrogen) atoms. The predicted molar refractivity (Wildman–Crippen MR) is 77.8 cm³/mol. The molecular weight excluding hydrogens is 276 g/mol. The molecule has 6 nitrogen and oxygen atoms in total. The molecule has 0 aliphatic carbocycles. The quantitative estimate of drug-likeness (QED) is 0.817. The molecule has 1 aromatic rings. The third-order valence-electron chi connectivity index (χ3n) is 3.98.